The van der Waals surface area contributed by atoms with E-state index in [2.05, 4.69) is 5.32 Å². The van der Waals surface area contributed by atoms with E-state index in [0.29, 0.717) is 12.3 Å². The molecule has 0 aromatic heterocycles. The number of hydrogen-bond donors (Lipinski definition) is 2. The third-order valence-electron chi connectivity index (χ3n) is 5.39. The molecule has 0 aromatic rings. The van der Waals surface area contributed by atoms with Crippen LogP contribution in [0.25, 0.3) is 0 Å². The van der Waals surface area contributed by atoms with E-state index >= 15 is 0 Å². The number of nitrogens with two attached hydrogens (primary N) is 1. The summed E-state index contributed by atoms with van der Waals surface area (Å²) >= 11 is 0. The molecular formula is C18H33N3O2. The molecule has 1 aliphatic carbocycles. The molecule has 2 amide bonds. The van der Waals surface area contributed by atoms with Gasteiger partial charge in [-0.25, -0.2) is 0 Å². The molecule has 3 N–H and O–H groups in total. The Labute approximate surface area is 140 Å². The second-order valence-corrected chi connectivity index (χ2v) is 7.45. The summed E-state index contributed by atoms with van der Waals surface area (Å²) in [4.78, 5) is 26.8. The summed E-state index contributed by atoms with van der Waals surface area (Å²) in [6.45, 7) is 4.52. The lowest BCUT2D eigenvalue weighted by Gasteiger charge is -2.39. The van der Waals surface area contributed by atoms with E-state index in [1.807, 2.05) is 11.8 Å². The van der Waals surface area contributed by atoms with Crippen molar-refractivity contribution in [3.63, 3.8) is 0 Å². The van der Waals surface area contributed by atoms with Crippen molar-refractivity contribution in [2.75, 3.05) is 6.54 Å². The molecule has 3 unspecified atom stereocenters. The van der Waals surface area contributed by atoms with Gasteiger partial charge in [-0.2, -0.15) is 0 Å². The van der Waals surface area contributed by atoms with Gasteiger partial charge in [0.15, 0.2) is 0 Å². The minimum absolute atomic E-state index is 0.0176. The lowest BCUT2D eigenvalue weighted by molar-refractivity contribution is -0.139. The zero-order valence-corrected chi connectivity index (χ0v) is 14.7. The van der Waals surface area contributed by atoms with Crippen LogP contribution in [0.4, 0.5) is 0 Å². The first-order valence-corrected chi connectivity index (χ1v) is 9.34. The summed E-state index contributed by atoms with van der Waals surface area (Å²) < 4.78 is 0. The van der Waals surface area contributed by atoms with E-state index in [9.17, 15) is 9.59 Å². The highest BCUT2D eigenvalue weighted by Crippen LogP contribution is 2.26. The van der Waals surface area contributed by atoms with Gasteiger partial charge >= 0.3 is 0 Å². The molecule has 0 spiro atoms. The molecule has 2 rings (SSSR count). The maximum absolute atomic E-state index is 12.7. The Balaban J connectivity index is 1.84. The molecule has 5 heteroatoms. The Bertz CT molecular complexity index is 405. The van der Waals surface area contributed by atoms with Crippen LogP contribution in [0.3, 0.4) is 0 Å². The number of carbonyl (C=O) groups excluding carboxylic acids is 2. The van der Waals surface area contributed by atoms with Gasteiger partial charge in [0.2, 0.25) is 11.8 Å². The molecule has 1 saturated heterocycles. The monoisotopic (exact) mass is 323 g/mol. The first kappa shape index (κ1) is 18.2. The topological polar surface area (TPSA) is 75.4 Å². The molecule has 2 fully saturated rings. The lowest BCUT2D eigenvalue weighted by atomic mass is 9.87. The number of piperidine rings is 1. The van der Waals surface area contributed by atoms with Gasteiger partial charge < -0.3 is 16.0 Å². The minimum Gasteiger partial charge on any atom is -0.345 e. The minimum atomic E-state index is -0.453. The van der Waals surface area contributed by atoms with Crippen LogP contribution in [-0.2, 0) is 9.59 Å². The molecule has 0 aromatic carbocycles. The van der Waals surface area contributed by atoms with Crippen LogP contribution in [0, 0.1) is 5.92 Å². The van der Waals surface area contributed by atoms with Crippen molar-refractivity contribution in [3.05, 3.63) is 0 Å². The fourth-order valence-electron chi connectivity index (χ4n) is 4.04. The van der Waals surface area contributed by atoms with Crippen LogP contribution >= 0.6 is 0 Å². The molecule has 1 saturated carbocycles. The summed E-state index contributed by atoms with van der Waals surface area (Å²) in [6, 6.07) is -0.372. The smallest absolute Gasteiger partial charge is 0.245 e. The number of nitrogens with one attached hydrogen (secondary N) is 1. The van der Waals surface area contributed by atoms with Crippen LogP contribution in [0.2, 0.25) is 0 Å². The standard InChI is InChI=1S/C18H33N3O2/c1-13(19)16-10-6-7-11-21(16)18(23)14(2)20-17(22)12-15-8-4-3-5-9-15/h13-16H,3-12,19H2,1-2H3,(H,20,22). The maximum atomic E-state index is 12.7. The fourth-order valence-corrected chi connectivity index (χ4v) is 4.04. The van der Waals surface area contributed by atoms with Gasteiger partial charge in [0.25, 0.3) is 0 Å². The SMILES string of the molecule is CC(NC(=O)CC1CCCCC1)C(=O)N1CCCCC1C(C)N. The molecule has 0 radical (unpaired) electrons. The number of nitrogens with zero attached hydrogens (tertiary/aromatic N) is 1. The third-order valence-corrected chi connectivity index (χ3v) is 5.39. The van der Waals surface area contributed by atoms with Crippen molar-refractivity contribution < 1.29 is 9.59 Å². The van der Waals surface area contributed by atoms with Crippen molar-refractivity contribution in [2.24, 2.45) is 11.7 Å². The Morgan fingerprint density at radius 2 is 1.74 bits per heavy atom. The second-order valence-electron chi connectivity index (χ2n) is 7.45. The predicted octanol–water partition coefficient (Wildman–Crippen LogP) is 2.19. The second kappa shape index (κ2) is 8.67. The molecule has 2 aliphatic rings. The fraction of sp³-hybridized carbons (Fsp3) is 0.889. The van der Waals surface area contributed by atoms with Crippen molar-refractivity contribution >= 4 is 11.8 Å². The Hall–Kier alpha value is -1.10. The summed E-state index contributed by atoms with van der Waals surface area (Å²) in [6.07, 6.45) is 9.73. The summed E-state index contributed by atoms with van der Waals surface area (Å²) in [5.41, 5.74) is 6.04. The normalized spacial score (nSPS) is 25.7. The van der Waals surface area contributed by atoms with Crippen molar-refractivity contribution in [1.82, 2.24) is 10.2 Å². The number of amides is 2. The Morgan fingerprint density at radius 1 is 1.09 bits per heavy atom. The van der Waals surface area contributed by atoms with Gasteiger partial charge in [-0.15, -0.1) is 0 Å². The third kappa shape index (κ3) is 5.20. The van der Waals surface area contributed by atoms with Gasteiger partial charge in [0.05, 0.1) is 0 Å². The van der Waals surface area contributed by atoms with Crippen LogP contribution in [0.1, 0.15) is 71.6 Å². The molecule has 23 heavy (non-hydrogen) atoms. The van der Waals surface area contributed by atoms with Gasteiger partial charge in [0.1, 0.15) is 6.04 Å². The Kier molecular flexibility index (Phi) is 6.88. The van der Waals surface area contributed by atoms with Gasteiger partial charge in [-0.1, -0.05) is 19.3 Å². The van der Waals surface area contributed by atoms with Crippen LogP contribution < -0.4 is 11.1 Å². The highest BCUT2D eigenvalue weighted by Gasteiger charge is 2.32. The first-order valence-electron chi connectivity index (χ1n) is 9.34. The number of likely N-dealkylation sites (tertiary alicyclic amines) is 1. The summed E-state index contributed by atoms with van der Waals surface area (Å²) in [5.74, 6) is 0.536. The highest BCUT2D eigenvalue weighted by atomic mass is 16.2. The van der Waals surface area contributed by atoms with E-state index in [-0.39, 0.29) is 23.9 Å². The van der Waals surface area contributed by atoms with Crippen molar-refractivity contribution in [2.45, 2.75) is 89.8 Å². The average molecular weight is 323 g/mol. The molecule has 0 bridgehead atoms. The molecule has 132 valence electrons. The van der Waals surface area contributed by atoms with Crippen LogP contribution in [0.5, 0.6) is 0 Å². The predicted molar refractivity (Wildman–Crippen MR) is 91.8 cm³/mol. The zero-order chi connectivity index (χ0) is 16.8. The van der Waals surface area contributed by atoms with E-state index in [4.69, 9.17) is 5.73 Å². The maximum Gasteiger partial charge on any atom is 0.245 e. The molecule has 3 atom stereocenters. The molecule has 5 nitrogen and oxygen atoms in total. The van der Waals surface area contributed by atoms with Gasteiger partial charge in [0, 0.05) is 25.0 Å². The van der Waals surface area contributed by atoms with E-state index in [1.54, 1.807) is 6.92 Å². The lowest BCUT2D eigenvalue weighted by Crippen LogP contribution is -2.56. The quantitative estimate of drug-likeness (QED) is 0.814. The number of hydrogen-bond acceptors (Lipinski definition) is 3. The van der Waals surface area contributed by atoms with E-state index in [0.717, 1.165) is 38.6 Å². The van der Waals surface area contributed by atoms with E-state index < -0.39 is 6.04 Å². The van der Waals surface area contributed by atoms with E-state index in [1.165, 1.54) is 19.3 Å². The molecule has 1 aliphatic heterocycles. The summed E-state index contributed by atoms with van der Waals surface area (Å²) in [7, 11) is 0. The van der Waals surface area contributed by atoms with Gasteiger partial charge in [-0.3, -0.25) is 9.59 Å². The Morgan fingerprint density at radius 3 is 2.39 bits per heavy atom. The highest BCUT2D eigenvalue weighted by molar-refractivity contribution is 5.87. The van der Waals surface area contributed by atoms with Crippen molar-refractivity contribution in [3.8, 4) is 0 Å². The average Bonchev–Trinajstić information content (AvgIpc) is 2.54. The number of rotatable bonds is 5. The van der Waals surface area contributed by atoms with Crippen molar-refractivity contribution in [1.29, 1.82) is 0 Å². The molecule has 1 heterocycles. The van der Waals surface area contributed by atoms with Gasteiger partial charge in [-0.05, 0) is 51.9 Å². The zero-order valence-electron chi connectivity index (χ0n) is 14.7. The van der Waals surface area contributed by atoms with Crippen LogP contribution in [-0.4, -0.2) is 41.4 Å². The first-order chi connectivity index (χ1) is 11.0. The molecular weight excluding hydrogens is 290 g/mol. The van der Waals surface area contributed by atoms with Crippen LogP contribution in [0.15, 0.2) is 0 Å². The number of carbonyl (C=O) groups is 2. The summed E-state index contributed by atoms with van der Waals surface area (Å²) in [5, 5.41) is 2.91. The largest absolute Gasteiger partial charge is 0.345 e.